The molecule has 5 heteroatoms. The van der Waals surface area contributed by atoms with Gasteiger partial charge in [0.2, 0.25) is 0 Å². The second-order valence-corrected chi connectivity index (χ2v) is 2.38. The summed E-state index contributed by atoms with van der Waals surface area (Å²) in [4.78, 5) is 10.5. The van der Waals surface area contributed by atoms with E-state index in [1.54, 1.807) is 0 Å². The Hall–Kier alpha value is -0.650. The maximum absolute atomic E-state index is 10.5. The molecule has 0 saturated carbocycles. The number of carboxylic acid groups (broad SMARTS) is 1. The Bertz CT molecular complexity index is 151. The van der Waals surface area contributed by atoms with E-state index in [0.29, 0.717) is 6.54 Å². The van der Waals surface area contributed by atoms with Crippen molar-refractivity contribution in [3.05, 3.63) is 0 Å². The summed E-state index contributed by atoms with van der Waals surface area (Å²) in [5.74, 6) is -0.885. The van der Waals surface area contributed by atoms with Gasteiger partial charge in [0.15, 0.2) is 0 Å². The largest absolute Gasteiger partial charge is 0.480 e. The van der Waals surface area contributed by atoms with Gasteiger partial charge in [-0.3, -0.25) is 15.4 Å². The molecule has 1 saturated heterocycles. The number of hydrogen-bond acceptors (Lipinski definition) is 4. The molecule has 0 aliphatic carbocycles. The summed E-state index contributed by atoms with van der Waals surface area (Å²) >= 11 is 0. The molecular weight excluding hydrogens is 148 g/mol. The van der Waals surface area contributed by atoms with E-state index in [2.05, 4.69) is 10.6 Å². The van der Waals surface area contributed by atoms with Crippen LogP contribution in [-0.4, -0.2) is 43.5 Å². The minimum Gasteiger partial charge on any atom is -0.480 e. The van der Waals surface area contributed by atoms with Crippen LogP contribution in [0.2, 0.25) is 0 Å². The van der Waals surface area contributed by atoms with E-state index in [1.165, 1.54) is 7.11 Å². The molecule has 1 aliphatic heterocycles. The fraction of sp³-hybridized carbons (Fsp3) is 0.833. The normalized spacial score (nSPS) is 31.7. The van der Waals surface area contributed by atoms with Gasteiger partial charge in [-0.25, -0.2) is 0 Å². The molecule has 0 bridgehead atoms. The van der Waals surface area contributed by atoms with E-state index in [-0.39, 0.29) is 0 Å². The van der Waals surface area contributed by atoms with Crippen LogP contribution in [0.5, 0.6) is 0 Å². The van der Waals surface area contributed by atoms with Crippen molar-refractivity contribution in [3.8, 4) is 0 Å². The lowest BCUT2D eigenvalue weighted by Gasteiger charge is -2.29. The Labute approximate surface area is 64.7 Å². The lowest BCUT2D eigenvalue weighted by Crippen LogP contribution is -2.60. The van der Waals surface area contributed by atoms with Gasteiger partial charge < -0.3 is 9.84 Å². The van der Waals surface area contributed by atoms with Gasteiger partial charge >= 0.3 is 5.97 Å². The summed E-state index contributed by atoms with van der Waals surface area (Å²) < 4.78 is 4.91. The van der Waals surface area contributed by atoms with E-state index in [0.717, 1.165) is 6.54 Å². The molecule has 1 aliphatic rings. The first-order valence-corrected chi connectivity index (χ1v) is 3.48. The van der Waals surface area contributed by atoms with Gasteiger partial charge in [0.05, 0.1) is 0 Å². The first-order valence-electron chi connectivity index (χ1n) is 3.48. The van der Waals surface area contributed by atoms with Gasteiger partial charge in [-0.2, -0.15) is 0 Å². The Balaban J connectivity index is 2.51. The topological polar surface area (TPSA) is 70.6 Å². The average molecular weight is 160 g/mol. The van der Waals surface area contributed by atoms with E-state index in [1.807, 2.05) is 0 Å². The zero-order chi connectivity index (χ0) is 8.27. The Morgan fingerprint density at radius 2 is 2.18 bits per heavy atom. The van der Waals surface area contributed by atoms with Crippen molar-refractivity contribution >= 4 is 5.97 Å². The maximum Gasteiger partial charge on any atom is 0.324 e. The second-order valence-electron chi connectivity index (χ2n) is 2.38. The molecular formula is C6H12N2O3. The number of piperazine rings is 1. The van der Waals surface area contributed by atoms with Crippen LogP contribution in [-0.2, 0) is 9.53 Å². The molecule has 0 radical (unpaired) electrons. The number of hydrogen-bond donors (Lipinski definition) is 3. The van der Waals surface area contributed by atoms with Crippen molar-refractivity contribution in [2.45, 2.75) is 12.3 Å². The van der Waals surface area contributed by atoms with Crippen LogP contribution in [0.25, 0.3) is 0 Å². The SMILES string of the molecule is COC1NCCNC1C(=O)O. The van der Waals surface area contributed by atoms with E-state index >= 15 is 0 Å². The highest BCUT2D eigenvalue weighted by atomic mass is 16.5. The molecule has 2 atom stereocenters. The number of aliphatic carboxylic acids is 1. The summed E-state index contributed by atoms with van der Waals surface area (Å²) in [6, 6.07) is -0.631. The van der Waals surface area contributed by atoms with E-state index < -0.39 is 18.2 Å². The molecule has 3 N–H and O–H groups in total. The summed E-state index contributed by atoms with van der Waals surface area (Å²) in [5.41, 5.74) is 0. The maximum atomic E-state index is 10.5. The average Bonchev–Trinajstić information content (AvgIpc) is 2.04. The molecule has 2 unspecified atom stereocenters. The molecule has 0 aromatic heterocycles. The first kappa shape index (κ1) is 8.45. The fourth-order valence-corrected chi connectivity index (χ4v) is 1.10. The predicted molar refractivity (Wildman–Crippen MR) is 38.2 cm³/mol. The van der Waals surface area contributed by atoms with Crippen LogP contribution in [0.15, 0.2) is 0 Å². The molecule has 1 fully saturated rings. The van der Waals surface area contributed by atoms with Crippen LogP contribution >= 0.6 is 0 Å². The molecule has 11 heavy (non-hydrogen) atoms. The summed E-state index contributed by atoms with van der Waals surface area (Å²) in [6.45, 7) is 1.40. The molecule has 0 spiro atoms. The summed E-state index contributed by atoms with van der Waals surface area (Å²) in [6.07, 6.45) is -0.416. The van der Waals surface area contributed by atoms with Crippen molar-refractivity contribution in [2.75, 3.05) is 20.2 Å². The van der Waals surface area contributed by atoms with Crippen molar-refractivity contribution in [1.82, 2.24) is 10.6 Å². The van der Waals surface area contributed by atoms with Crippen LogP contribution in [0.3, 0.4) is 0 Å². The van der Waals surface area contributed by atoms with Crippen molar-refractivity contribution in [2.24, 2.45) is 0 Å². The quantitative estimate of drug-likeness (QED) is 0.463. The third-order valence-corrected chi connectivity index (χ3v) is 1.66. The van der Waals surface area contributed by atoms with E-state index in [4.69, 9.17) is 9.84 Å². The van der Waals surface area contributed by atoms with Crippen LogP contribution in [0.4, 0.5) is 0 Å². The summed E-state index contributed by atoms with van der Waals surface area (Å²) in [7, 11) is 1.49. The van der Waals surface area contributed by atoms with Gasteiger partial charge in [-0.15, -0.1) is 0 Å². The lowest BCUT2D eigenvalue weighted by molar-refractivity contribution is -0.145. The number of rotatable bonds is 2. The lowest BCUT2D eigenvalue weighted by atomic mass is 10.2. The Morgan fingerprint density at radius 1 is 1.55 bits per heavy atom. The standard InChI is InChI=1S/C6H12N2O3/c1-11-5-4(6(9)10)7-2-3-8-5/h4-5,7-8H,2-3H2,1H3,(H,9,10). The molecule has 1 heterocycles. The number of ether oxygens (including phenoxy) is 1. The minimum atomic E-state index is -0.885. The molecule has 64 valence electrons. The van der Waals surface area contributed by atoms with E-state index in [9.17, 15) is 4.79 Å². The predicted octanol–water partition coefficient (Wildman–Crippen LogP) is -1.40. The Morgan fingerprint density at radius 3 is 2.64 bits per heavy atom. The van der Waals surface area contributed by atoms with Gasteiger partial charge in [-0.1, -0.05) is 0 Å². The zero-order valence-corrected chi connectivity index (χ0v) is 6.33. The van der Waals surface area contributed by atoms with Crippen molar-refractivity contribution < 1.29 is 14.6 Å². The number of carbonyl (C=O) groups is 1. The van der Waals surface area contributed by atoms with Gasteiger partial charge in [0, 0.05) is 20.2 Å². The first-order chi connectivity index (χ1) is 5.25. The van der Waals surface area contributed by atoms with Crippen LogP contribution in [0.1, 0.15) is 0 Å². The highest BCUT2D eigenvalue weighted by molar-refractivity contribution is 5.74. The highest BCUT2D eigenvalue weighted by Gasteiger charge is 2.29. The van der Waals surface area contributed by atoms with Gasteiger partial charge in [0.1, 0.15) is 12.3 Å². The van der Waals surface area contributed by atoms with Crippen molar-refractivity contribution in [3.63, 3.8) is 0 Å². The molecule has 0 aromatic rings. The van der Waals surface area contributed by atoms with Crippen LogP contribution < -0.4 is 10.6 Å². The second kappa shape index (κ2) is 3.66. The van der Waals surface area contributed by atoms with Crippen molar-refractivity contribution in [1.29, 1.82) is 0 Å². The molecule has 5 nitrogen and oxygen atoms in total. The molecule has 1 rings (SSSR count). The number of methoxy groups -OCH3 is 1. The monoisotopic (exact) mass is 160 g/mol. The highest BCUT2D eigenvalue weighted by Crippen LogP contribution is 1.98. The number of nitrogens with one attached hydrogen (secondary N) is 2. The minimum absolute atomic E-state index is 0.416. The Kier molecular flexibility index (Phi) is 2.81. The molecule has 0 aromatic carbocycles. The summed E-state index contributed by atoms with van der Waals surface area (Å²) in [5, 5.41) is 14.4. The van der Waals surface area contributed by atoms with Gasteiger partial charge in [-0.05, 0) is 0 Å². The van der Waals surface area contributed by atoms with Gasteiger partial charge in [0.25, 0.3) is 0 Å². The third kappa shape index (κ3) is 1.89. The zero-order valence-electron chi connectivity index (χ0n) is 6.33. The fourth-order valence-electron chi connectivity index (χ4n) is 1.10. The number of carboxylic acids is 1. The smallest absolute Gasteiger partial charge is 0.324 e. The molecule has 0 amide bonds. The van der Waals surface area contributed by atoms with Crippen LogP contribution in [0, 0.1) is 0 Å². The third-order valence-electron chi connectivity index (χ3n) is 1.66.